The molecule has 2 unspecified atom stereocenters. The maximum absolute atomic E-state index is 2.53. The van der Waals surface area contributed by atoms with Gasteiger partial charge in [-0.15, -0.1) is 0 Å². The zero-order chi connectivity index (χ0) is 28.5. The van der Waals surface area contributed by atoms with Crippen LogP contribution in [0.4, 0.5) is 0 Å². The van der Waals surface area contributed by atoms with Crippen molar-refractivity contribution in [1.82, 2.24) is 0 Å². The van der Waals surface area contributed by atoms with Crippen LogP contribution in [0.15, 0.2) is 0 Å². The second kappa shape index (κ2) is 34.2. The Balaban J connectivity index is 3.26. The molecule has 0 aliphatic heterocycles. The van der Waals surface area contributed by atoms with Crippen molar-refractivity contribution in [2.75, 3.05) is 0 Å². The van der Waals surface area contributed by atoms with Crippen molar-refractivity contribution in [3.8, 4) is 0 Å². The topological polar surface area (TPSA) is 0 Å². The van der Waals surface area contributed by atoms with Crippen molar-refractivity contribution in [3.05, 3.63) is 0 Å². The molecule has 0 amide bonds. The molecule has 0 rings (SSSR count). The van der Waals surface area contributed by atoms with Crippen LogP contribution in [-0.4, -0.2) is 0 Å². The molecular weight excluding hydrogens is 468 g/mol. The molecule has 0 heterocycles. The summed E-state index contributed by atoms with van der Waals surface area (Å²) in [5.41, 5.74) is 0. The van der Waals surface area contributed by atoms with Crippen LogP contribution >= 0.6 is 0 Å². The van der Waals surface area contributed by atoms with Crippen molar-refractivity contribution in [3.63, 3.8) is 0 Å². The SMILES string of the molecule is CCCCCCCCCCCCCCCCCCC(C)C(C)CCCCCCCCCCCCCCCCC. The predicted molar refractivity (Wildman–Crippen MR) is 182 cm³/mol. The van der Waals surface area contributed by atoms with Gasteiger partial charge in [-0.1, -0.05) is 240 Å². The molecule has 0 saturated carbocycles. The Morgan fingerprint density at radius 2 is 0.385 bits per heavy atom. The highest BCUT2D eigenvalue weighted by atomic mass is 14.2. The van der Waals surface area contributed by atoms with E-state index >= 15 is 0 Å². The molecule has 0 N–H and O–H groups in total. The highest BCUT2D eigenvalue weighted by Gasteiger charge is 2.11. The minimum Gasteiger partial charge on any atom is -0.0654 e. The molecule has 0 nitrogen and oxygen atoms in total. The first-order chi connectivity index (χ1) is 19.2. The number of unbranched alkanes of at least 4 members (excludes halogenated alkanes) is 29. The predicted octanol–water partition coefficient (Wildman–Crippen LogP) is 15.2. The normalized spacial score (nSPS) is 13.2. The quantitative estimate of drug-likeness (QED) is 0.0701. The summed E-state index contributed by atoms with van der Waals surface area (Å²) >= 11 is 0. The molecule has 0 aromatic carbocycles. The van der Waals surface area contributed by atoms with Crippen molar-refractivity contribution < 1.29 is 0 Å². The van der Waals surface area contributed by atoms with Crippen LogP contribution in [-0.2, 0) is 0 Å². The van der Waals surface area contributed by atoms with E-state index in [1.165, 1.54) is 212 Å². The van der Waals surface area contributed by atoms with Gasteiger partial charge in [0.15, 0.2) is 0 Å². The van der Waals surface area contributed by atoms with Gasteiger partial charge in [-0.2, -0.15) is 0 Å². The first kappa shape index (κ1) is 39.0. The third-order valence-corrected chi connectivity index (χ3v) is 9.75. The maximum Gasteiger partial charge on any atom is -0.0417 e. The third kappa shape index (κ3) is 32.4. The van der Waals surface area contributed by atoms with E-state index in [1.54, 1.807) is 0 Å². The van der Waals surface area contributed by atoms with E-state index in [0.29, 0.717) is 0 Å². The van der Waals surface area contributed by atoms with Gasteiger partial charge in [-0.05, 0) is 11.8 Å². The molecule has 2 atom stereocenters. The van der Waals surface area contributed by atoms with Crippen LogP contribution in [0.25, 0.3) is 0 Å². The van der Waals surface area contributed by atoms with Crippen molar-refractivity contribution >= 4 is 0 Å². The molecule has 0 spiro atoms. The fourth-order valence-corrected chi connectivity index (χ4v) is 6.42. The summed E-state index contributed by atoms with van der Waals surface area (Å²) in [5, 5.41) is 0. The highest BCUT2D eigenvalue weighted by molar-refractivity contribution is 4.63. The Morgan fingerprint density at radius 1 is 0.231 bits per heavy atom. The first-order valence-electron chi connectivity index (χ1n) is 19.2. The van der Waals surface area contributed by atoms with E-state index in [0.717, 1.165) is 11.8 Å². The average Bonchev–Trinajstić information content (AvgIpc) is 2.94. The molecule has 0 aliphatic rings. The molecule has 0 bridgehead atoms. The summed E-state index contributed by atoms with van der Waals surface area (Å²) < 4.78 is 0. The maximum atomic E-state index is 2.53. The minimum absolute atomic E-state index is 0.934. The zero-order valence-electron chi connectivity index (χ0n) is 28.5. The summed E-state index contributed by atoms with van der Waals surface area (Å²) in [5.74, 6) is 1.87. The van der Waals surface area contributed by atoms with Crippen molar-refractivity contribution in [2.45, 2.75) is 240 Å². The van der Waals surface area contributed by atoms with Gasteiger partial charge in [0.25, 0.3) is 0 Å². The van der Waals surface area contributed by atoms with E-state index in [4.69, 9.17) is 0 Å². The first-order valence-corrected chi connectivity index (χ1v) is 19.2. The number of hydrogen-bond donors (Lipinski definition) is 0. The summed E-state index contributed by atoms with van der Waals surface area (Å²) in [6.45, 7) is 9.68. The Bertz CT molecular complexity index is 412. The molecule has 0 heteroatoms. The lowest BCUT2D eigenvalue weighted by Gasteiger charge is -2.19. The molecular formula is C39H80. The lowest BCUT2D eigenvalue weighted by molar-refractivity contribution is 0.322. The van der Waals surface area contributed by atoms with Crippen LogP contribution in [0.2, 0.25) is 0 Å². The summed E-state index contributed by atoms with van der Waals surface area (Å²) in [6, 6.07) is 0. The van der Waals surface area contributed by atoms with Crippen LogP contribution in [0.3, 0.4) is 0 Å². The van der Waals surface area contributed by atoms with Gasteiger partial charge in [-0.3, -0.25) is 0 Å². The van der Waals surface area contributed by atoms with Gasteiger partial charge in [-0.25, -0.2) is 0 Å². The lowest BCUT2D eigenvalue weighted by atomic mass is 9.86. The fourth-order valence-electron chi connectivity index (χ4n) is 6.42. The molecule has 0 radical (unpaired) electrons. The van der Waals surface area contributed by atoms with Crippen molar-refractivity contribution in [1.29, 1.82) is 0 Å². The van der Waals surface area contributed by atoms with Gasteiger partial charge in [0.05, 0.1) is 0 Å². The smallest absolute Gasteiger partial charge is 0.0417 e. The molecule has 0 aromatic rings. The fraction of sp³-hybridized carbons (Fsp3) is 1.00. The zero-order valence-corrected chi connectivity index (χ0v) is 28.5. The monoisotopic (exact) mass is 549 g/mol. The van der Waals surface area contributed by atoms with E-state index in [-0.39, 0.29) is 0 Å². The highest BCUT2D eigenvalue weighted by Crippen LogP contribution is 2.24. The molecule has 236 valence electrons. The number of rotatable bonds is 34. The Kier molecular flexibility index (Phi) is 34.2. The van der Waals surface area contributed by atoms with E-state index in [9.17, 15) is 0 Å². The van der Waals surface area contributed by atoms with Crippen LogP contribution in [0.1, 0.15) is 240 Å². The summed E-state index contributed by atoms with van der Waals surface area (Å²) in [7, 11) is 0. The van der Waals surface area contributed by atoms with Crippen LogP contribution < -0.4 is 0 Å². The Labute approximate surface area is 251 Å². The second-order valence-electron chi connectivity index (χ2n) is 13.8. The van der Waals surface area contributed by atoms with Gasteiger partial charge in [0, 0.05) is 0 Å². The van der Waals surface area contributed by atoms with Crippen molar-refractivity contribution in [2.24, 2.45) is 11.8 Å². The van der Waals surface area contributed by atoms with Gasteiger partial charge in [0.2, 0.25) is 0 Å². The number of hydrogen-bond acceptors (Lipinski definition) is 0. The van der Waals surface area contributed by atoms with E-state index < -0.39 is 0 Å². The standard InChI is InChI=1S/C39H80/c1-5-7-9-11-13-15-17-19-21-23-25-27-29-31-33-35-37-39(4)38(3)36-34-32-30-28-26-24-22-20-18-16-14-12-10-8-6-2/h38-39H,5-37H2,1-4H3. The third-order valence-electron chi connectivity index (χ3n) is 9.75. The summed E-state index contributed by atoms with van der Waals surface area (Å²) in [6.07, 6.45) is 48.6. The van der Waals surface area contributed by atoms with Gasteiger partial charge >= 0.3 is 0 Å². The average molecular weight is 549 g/mol. The van der Waals surface area contributed by atoms with Crippen LogP contribution in [0.5, 0.6) is 0 Å². The Morgan fingerprint density at radius 3 is 0.564 bits per heavy atom. The molecule has 39 heavy (non-hydrogen) atoms. The summed E-state index contributed by atoms with van der Waals surface area (Å²) in [4.78, 5) is 0. The molecule has 0 aliphatic carbocycles. The van der Waals surface area contributed by atoms with Gasteiger partial charge in [0.1, 0.15) is 0 Å². The molecule has 0 fully saturated rings. The van der Waals surface area contributed by atoms with E-state index in [2.05, 4.69) is 27.7 Å². The molecule has 0 saturated heterocycles. The molecule has 0 aromatic heterocycles. The lowest BCUT2D eigenvalue weighted by Crippen LogP contribution is -2.08. The minimum atomic E-state index is 0.934. The van der Waals surface area contributed by atoms with E-state index in [1.807, 2.05) is 0 Å². The largest absolute Gasteiger partial charge is 0.0654 e. The Hall–Kier alpha value is 0. The van der Waals surface area contributed by atoms with Crippen LogP contribution in [0, 0.1) is 11.8 Å². The second-order valence-corrected chi connectivity index (χ2v) is 13.8. The van der Waals surface area contributed by atoms with Gasteiger partial charge < -0.3 is 0 Å².